The maximum atomic E-state index is 12.9. The summed E-state index contributed by atoms with van der Waals surface area (Å²) >= 11 is 0. The first-order valence-electron chi connectivity index (χ1n) is 6.35. The summed E-state index contributed by atoms with van der Waals surface area (Å²) in [5.41, 5.74) is 0.692. The maximum Gasteiger partial charge on any atom is 0.303 e. The number of halogens is 2. The summed E-state index contributed by atoms with van der Waals surface area (Å²) in [6, 6.07) is 3.83. The molecule has 1 aromatic carbocycles. The van der Waals surface area contributed by atoms with Crippen LogP contribution in [0.1, 0.15) is 31.7 Å². The molecule has 1 unspecified atom stereocenters. The molecule has 0 aliphatic rings. The zero-order valence-corrected chi connectivity index (χ0v) is 11.0. The fraction of sp³-hybridized carbons (Fsp3) is 0.500. The van der Waals surface area contributed by atoms with E-state index in [1.807, 2.05) is 6.92 Å². The smallest absolute Gasteiger partial charge is 0.303 e. The zero-order chi connectivity index (χ0) is 14.3. The second-order valence-corrected chi connectivity index (χ2v) is 4.75. The van der Waals surface area contributed by atoms with Gasteiger partial charge in [-0.05, 0) is 43.0 Å². The third-order valence-electron chi connectivity index (χ3n) is 2.98. The van der Waals surface area contributed by atoms with Gasteiger partial charge in [0.05, 0.1) is 0 Å². The van der Waals surface area contributed by atoms with Crippen molar-refractivity contribution in [1.29, 1.82) is 0 Å². The van der Waals surface area contributed by atoms with E-state index in [-0.39, 0.29) is 6.42 Å². The van der Waals surface area contributed by atoms with Crippen LogP contribution >= 0.6 is 0 Å². The molecular formula is C14H19F2NO2. The van der Waals surface area contributed by atoms with Crippen molar-refractivity contribution in [1.82, 2.24) is 5.32 Å². The molecule has 0 amide bonds. The Kier molecular flexibility index (Phi) is 6.42. The van der Waals surface area contributed by atoms with E-state index in [9.17, 15) is 13.6 Å². The largest absolute Gasteiger partial charge is 0.481 e. The van der Waals surface area contributed by atoms with E-state index in [2.05, 4.69) is 5.32 Å². The van der Waals surface area contributed by atoms with Crippen LogP contribution in [0.5, 0.6) is 0 Å². The Morgan fingerprint density at radius 3 is 2.68 bits per heavy atom. The molecule has 0 radical (unpaired) electrons. The van der Waals surface area contributed by atoms with Crippen LogP contribution in [-0.2, 0) is 11.3 Å². The number of benzene rings is 1. The zero-order valence-electron chi connectivity index (χ0n) is 11.0. The van der Waals surface area contributed by atoms with Crippen molar-refractivity contribution in [3.63, 3.8) is 0 Å². The number of carbonyl (C=O) groups is 1. The standard InChI is InChI=1S/C14H19F2NO2/c1-10(2-5-14(18)19)6-7-17-9-11-3-4-12(15)13(16)8-11/h3-4,8,10,17H,2,5-7,9H2,1H3,(H,18,19). The second kappa shape index (κ2) is 7.84. The van der Waals surface area contributed by atoms with Gasteiger partial charge in [0, 0.05) is 13.0 Å². The average Bonchev–Trinajstić information content (AvgIpc) is 2.36. The van der Waals surface area contributed by atoms with Gasteiger partial charge in [-0.25, -0.2) is 8.78 Å². The molecule has 0 spiro atoms. The van der Waals surface area contributed by atoms with Crippen molar-refractivity contribution in [2.45, 2.75) is 32.7 Å². The number of nitrogens with one attached hydrogen (secondary N) is 1. The molecule has 1 atom stereocenters. The number of hydrogen-bond donors (Lipinski definition) is 2. The predicted octanol–water partition coefficient (Wildman–Crippen LogP) is 2.95. The molecule has 1 aromatic rings. The molecule has 2 N–H and O–H groups in total. The van der Waals surface area contributed by atoms with E-state index in [1.54, 1.807) is 6.07 Å². The van der Waals surface area contributed by atoms with Crippen molar-refractivity contribution < 1.29 is 18.7 Å². The molecule has 0 aromatic heterocycles. The van der Waals surface area contributed by atoms with E-state index < -0.39 is 17.6 Å². The molecule has 19 heavy (non-hydrogen) atoms. The minimum absolute atomic E-state index is 0.185. The summed E-state index contributed by atoms with van der Waals surface area (Å²) in [5, 5.41) is 11.7. The first kappa shape index (κ1) is 15.6. The van der Waals surface area contributed by atoms with E-state index >= 15 is 0 Å². The van der Waals surface area contributed by atoms with Gasteiger partial charge in [0.1, 0.15) is 0 Å². The maximum absolute atomic E-state index is 12.9. The van der Waals surface area contributed by atoms with Crippen molar-refractivity contribution in [2.24, 2.45) is 5.92 Å². The van der Waals surface area contributed by atoms with E-state index in [0.717, 1.165) is 19.0 Å². The highest BCUT2D eigenvalue weighted by atomic mass is 19.2. The van der Waals surface area contributed by atoms with Crippen LogP contribution in [0.3, 0.4) is 0 Å². The Labute approximate surface area is 111 Å². The van der Waals surface area contributed by atoms with Gasteiger partial charge in [-0.2, -0.15) is 0 Å². The lowest BCUT2D eigenvalue weighted by Crippen LogP contribution is -2.17. The van der Waals surface area contributed by atoms with Crippen LogP contribution in [0.4, 0.5) is 8.78 Å². The van der Waals surface area contributed by atoms with E-state index in [4.69, 9.17) is 5.11 Å². The van der Waals surface area contributed by atoms with Gasteiger partial charge in [-0.3, -0.25) is 4.79 Å². The van der Waals surface area contributed by atoms with Gasteiger partial charge in [-0.15, -0.1) is 0 Å². The van der Waals surface area contributed by atoms with Crippen LogP contribution in [-0.4, -0.2) is 17.6 Å². The lowest BCUT2D eigenvalue weighted by atomic mass is 10.0. The topological polar surface area (TPSA) is 49.3 Å². The number of hydrogen-bond acceptors (Lipinski definition) is 2. The van der Waals surface area contributed by atoms with Gasteiger partial charge in [0.25, 0.3) is 0 Å². The summed E-state index contributed by atoms with van der Waals surface area (Å²) in [5.74, 6) is -2.13. The Balaban J connectivity index is 2.19. The fourth-order valence-electron chi connectivity index (χ4n) is 1.74. The normalized spacial score (nSPS) is 12.4. The molecule has 1 rings (SSSR count). The highest BCUT2D eigenvalue weighted by Crippen LogP contribution is 2.10. The summed E-state index contributed by atoms with van der Waals surface area (Å²) in [6.07, 6.45) is 1.70. The number of carboxylic acid groups (broad SMARTS) is 1. The minimum Gasteiger partial charge on any atom is -0.481 e. The molecule has 0 aliphatic carbocycles. The first-order valence-corrected chi connectivity index (χ1v) is 6.35. The quantitative estimate of drug-likeness (QED) is 0.715. The van der Waals surface area contributed by atoms with Crippen molar-refractivity contribution in [2.75, 3.05) is 6.54 Å². The molecular weight excluding hydrogens is 252 g/mol. The lowest BCUT2D eigenvalue weighted by Gasteiger charge is -2.10. The monoisotopic (exact) mass is 271 g/mol. The molecule has 0 aliphatic heterocycles. The van der Waals surface area contributed by atoms with Crippen LogP contribution in [0.2, 0.25) is 0 Å². The van der Waals surface area contributed by atoms with Gasteiger partial charge in [0.15, 0.2) is 11.6 Å². The van der Waals surface area contributed by atoms with Crippen molar-refractivity contribution >= 4 is 5.97 Å². The molecule has 0 saturated carbocycles. The number of rotatable bonds is 8. The Bertz CT molecular complexity index is 424. The number of carboxylic acids is 1. The fourth-order valence-corrected chi connectivity index (χ4v) is 1.74. The highest BCUT2D eigenvalue weighted by molar-refractivity contribution is 5.66. The Hall–Kier alpha value is -1.49. The van der Waals surface area contributed by atoms with Crippen LogP contribution in [0.25, 0.3) is 0 Å². The number of aliphatic carboxylic acids is 1. The summed E-state index contributed by atoms with van der Waals surface area (Å²) < 4.78 is 25.6. The molecule has 0 bridgehead atoms. The summed E-state index contributed by atoms with van der Waals surface area (Å²) in [7, 11) is 0. The predicted molar refractivity (Wildman–Crippen MR) is 68.7 cm³/mol. The molecule has 0 heterocycles. The van der Waals surface area contributed by atoms with E-state index in [0.29, 0.717) is 24.4 Å². The third-order valence-corrected chi connectivity index (χ3v) is 2.98. The van der Waals surface area contributed by atoms with E-state index in [1.165, 1.54) is 6.07 Å². The molecule has 3 nitrogen and oxygen atoms in total. The molecule has 0 fully saturated rings. The Morgan fingerprint density at radius 1 is 1.32 bits per heavy atom. The van der Waals surface area contributed by atoms with Crippen LogP contribution in [0.15, 0.2) is 18.2 Å². The third kappa shape index (κ3) is 6.29. The average molecular weight is 271 g/mol. The highest BCUT2D eigenvalue weighted by Gasteiger charge is 2.06. The summed E-state index contributed by atoms with van der Waals surface area (Å²) in [4.78, 5) is 10.4. The lowest BCUT2D eigenvalue weighted by molar-refractivity contribution is -0.137. The van der Waals surface area contributed by atoms with Gasteiger partial charge < -0.3 is 10.4 Å². The SMILES string of the molecule is CC(CCNCc1ccc(F)c(F)c1)CCC(=O)O. The van der Waals surface area contributed by atoms with Gasteiger partial charge >= 0.3 is 5.97 Å². The van der Waals surface area contributed by atoms with Crippen LogP contribution in [0, 0.1) is 17.6 Å². The van der Waals surface area contributed by atoms with Gasteiger partial charge in [0.2, 0.25) is 0 Å². The van der Waals surface area contributed by atoms with Crippen molar-refractivity contribution in [3.05, 3.63) is 35.4 Å². The molecule has 106 valence electrons. The molecule has 5 heteroatoms. The van der Waals surface area contributed by atoms with Crippen molar-refractivity contribution in [3.8, 4) is 0 Å². The first-order chi connectivity index (χ1) is 8.99. The molecule has 0 saturated heterocycles. The van der Waals surface area contributed by atoms with Gasteiger partial charge in [-0.1, -0.05) is 13.0 Å². The Morgan fingerprint density at radius 2 is 2.05 bits per heavy atom. The van der Waals surface area contributed by atoms with Crippen LogP contribution < -0.4 is 5.32 Å². The second-order valence-electron chi connectivity index (χ2n) is 4.75. The summed E-state index contributed by atoms with van der Waals surface area (Å²) in [6.45, 7) is 3.20. The minimum atomic E-state index is -0.842.